The molecule has 12 heavy (non-hydrogen) atoms. The highest BCUT2D eigenvalue weighted by Crippen LogP contribution is 2.26. The quantitative estimate of drug-likeness (QED) is 0.574. The Morgan fingerprint density at radius 2 is 2.25 bits per heavy atom. The van der Waals surface area contributed by atoms with Gasteiger partial charge in [0.25, 0.3) is 0 Å². The molecule has 2 aliphatic heterocycles. The van der Waals surface area contributed by atoms with Gasteiger partial charge >= 0.3 is 0 Å². The Morgan fingerprint density at radius 1 is 1.42 bits per heavy atom. The number of rotatable bonds is 0. The van der Waals surface area contributed by atoms with Gasteiger partial charge in [-0.3, -0.25) is 4.79 Å². The smallest absolute Gasteiger partial charge is 0.222 e. The highest BCUT2D eigenvalue weighted by atomic mass is 16.3. The molecule has 2 aliphatic rings. The van der Waals surface area contributed by atoms with E-state index in [1.54, 1.807) is 0 Å². The van der Waals surface area contributed by atoms with Crippen molar-refractivity contribution in [1.29, 1.82) is 0 Å². The van der Waals surface area contributed by atoms with Crippen molar-refractivity contribution >= 4 is 5.91 Å². The molecule has 2 fully saturated rings. The van der Waals surface area contributed by atoms with Crippen LogP contribution in [0.5, 0.6) is 0 Å². The Hall–Kier alpha value is -0.570. The van der Waals surface area contributed by atoms with E-state index >= 15 is 0 Å². The average Bonchev–Trinajstić information content (AvgIpc) is 2.04. The van der Waals surface area contributed by atoms with Crippen molar-refractivity contribution in [2.75, 3.05) is 6.54 Å². The number of hydrogen-bond acceptors (Lipinski definition) is 2. The summed E-state index contributed by atoms with van der Waals surface area (Å²) >= 11 is 0. The van der Waals surface area contributed by atoms with Crippen LogP contribution in [0, 0.1) is 0 Å². The second-order valence-electron chi connectivity index (χ2n) is 3.81. The molecule has 2 rings (SSSR count). The Balaban J connectivity index is 2.04. The van der Waals surface area contributed by atoms with Crippen molar-refractivity contribution < 1.29 is 9.90 Å². The summed E-state index contributed by atoms with van der Waals surface area (Å²) in [7, 11) is 0. The molecule has 68 valence electrons. The summed E-state index contributed by atoms with van der Waals surface area (Å²) in [6.07, 6.45) is 4.20. The second-order valence-corrected chi connectivity index (χ2v) is 3.81. The number of amides is 1. The number of carbonyl (C=O) groups is 1. The van der Waals surface area contributed by atoms with Crippen LogP contribution < -0.4 is 0 Å². The Morgan fingerprint density at radius 3 is 3.08 bits per heavy atom. The molecule has 3 nitrogen and oxygen atoms in total. The number of carbonyl (C=O) groups excluding carboxylic acids is 1. The van der Waals surface area contributed by atoms with Gasteiger partial charge in [-0.1, -0.05) is 0 Å². The molecule has 0 spiro atoms. The minimum atomic E-state index is -0.169. The van der Waals surface area contributed by atoms with Gasteiger partial charge in [-0.15, -0.1) is 0 Å². The molecule has 2 heterocycles. The molecule has 1 N–H and O–H groups in total. The first-order valence-corrected chi connectivity index (χ1v) is 4.75. The normalized spacial score (nSPS) is 36.4. The molecule has 0 aromatic heterocycles. The molecular weight excluding hydrogens is 154 g/mol. The molecule has 3 heteroatoms. The van der Waals surface area contributed by atoms with Gasteiger partial charge < -0.3 is 10.0 Å². The fraction of sp³-hybridized carbons (Fsp3) is 0.889. The van der Waals surface area contributed by atoms with Gasteiger partial charge in [0, 0.05) is 19.0 Å². The van der Waals surface area contributed by atoms with Crippen molar-refractivity contribution in [2.45, 2.75) is 44.2 Å². The summed E-state index contributed by atoms with van der Waals surface area (Å²) in [6.45, 7) is 0.769. The van der Waals surface area contributed by atoms with Crippen LogP contribution in [0.1, 0.15) is 32.1 Å². The van der Waals surface area contributed by atoms with E-state index in [1.807, 2.05) is 4.90 Å². The maximum Gasteiger partial charge on any atom is 0.222 e. The molecule has 0 radical (unpaired) electrons. The zero-order valence-corrected chi connectivity index (χ0v) is 7.20. The fourth-order valence-electron chi connectivity index (χ4n) is 2.26. The number of nitrogens with zero attached hydrogens (tertiary/aromatic N) is 1. The maximum absolute atomic E-state index is 11.4. The first-order chi connectivity index (χ1) is 5.77. The van der Waals surface area contributed by atoms with Crippen molar-refractivity contribution in [3.8, 4) is 0 Å². The van der Waals surface area contributed by atoms with E-state index in [2.05, 4.69) is 0 Å². The first-order valence-electron chi connectivity index (χ1n) is 4.75. The lowest BCUT2D eigenvalue weighted by Crippen LogP contribution is -2.49. The largest absolute Gasteiger partial charge is 0.393 e. The third kappa shape index (κ3) is 1.33. The van der Waals surface area contributed by atoms with Crippen LogP contribution in [0.25, 0.3) is 0 Å². The molecule has 0 aromatic carbocycles. The minimum Gasteiger partial charge on any atom is -0.393 e. The van der Waals surface area contributed by atoms with Crippen LogP contribution in [-0.2, 0) is 4.79 Å². The van der Waals surface area contributed by atoms with Crippen molar-refractivity contribution in [3.63, 3.8) is 0 Å². The van der Waals surface area contributed by atoms with Crippen LogP contribution in [0.15, 0.2) is 0 Å². The van der Waals surface area contributed by atoms with Crippen LogP contribution in [0.3, 0.4) is 0 Å². The van der Waals surface area contributed by atoms with Crippen molar-refractivity contribution in [1.82, 2.24) is 4.90 Å². The maximum atomic E-state index is 11.4. The topological polar surface area (TPSA) is 40.5 Å². The molecule has 2 saturated heterocycles. The van der Waals surface area contributed by atoms with Gasteiger partial charge in [0.15, 0.2) is 0 Å². The average molecular weight is 169 g/mol. The molecule has 0 unspecified atom stereocenters. The highest BCUT2D eigenvalue weighted by Gasteiger charge is 2.32. The standard InChI is InChI=1S/C9H15NO2/c11-8-4-5-10-7(6-8)2-1-3-9(10)12/h7-8,11H,1-6H2/t7-,8+/m0/s1. The summed E-state index contributed by atoms with van der Waals surface area (Å²) in [5, 5.41) is 9.40. The molecule has 2 atom stereocenters. The van der Waals surface area contributed by atoms with E-state index in [9.17, 15) is 9.90 Å². The first kappa shape index (κ1) is 8.05. The number of aliphatic hydroxyl groups is 1. The third-order valence-corrected chi connectivity index (χ3v) is 2.94. The van der Waals surface area contributed by atoms with Crippen molar-refractivity contribution in [2.24, 2.45) is 0 Å². The summed E-state index contributed by atoms with van der Waals surface area (Å²) in [4.78, 5) is 13.3. The third-order valence-electron chi connectivity index (χ3n) is 2.94. The molecule has 0 saturated carbocycles. The van der Waals surface area contributed by atoms with E-state index in [4.69, 9.17) is 0 Å². The van der Waals surface area contributed by atoms with Crippen LogP contribution >= 0.6 is 0 Å². The molecule has 1 amide bonds. The molecule has 0 bridgehead atoms. The summed E-state index contributed by atoms with van der Waals surface area (Å²) in [5.74, 6) is 0.290. The SMILES string of the molecule is O=C1CCC[C@H]2C[C@H](O)CCN12. The lowest BCUT2D eigenvalue weighted by atomic mass is 9.91. The van der Waals surface area contributed by atoms with E-state index in [1.165, 1.54) is 0 Å². The van der Waals surface area contributed by atoms with E-state index in [0.717, 1.165) is 32.2 Å². The van der Waals surface area contributed by atoms with Crippen LogP contribution in [0.2, 0.25) is 0 Å². The monoisotopic (exact) mass is 169 g/mol. The van der Waals surface area contributed by atoms with Crippen LogP contribution in [0.4, 0.5) is 0 Å². The molecule has 0 aromatic rings. The molecule has 0 aliphatic carbocycles. The number of piperidine rings is 2. The Bertz CT molecular complexity index is 193. The summed E-state index contributed by atoms with van der Waals surface area (Å²) in [5.41, 5.74) is 0. The number of aliphatic hydroxyl groups excluding tert-OH is 1. The Labute approximate surface area is 72.4 Å². The number of fused-ring (bicyclic) bond motifs is 1. The lowest BCUT2D eigenvalue weighted by molar-refractivity contribution is -0.139. The highest BCUT2D eigenvalue weighted by molar-refractivity contribution is 5.77. The predicted octanol–water partition coefficient (Wildman–Crippen LogP) is 0.522. The molecular formula is C9H15NO2. The number of hydrogen-bond donors (Lipinski definition) is 1. The van der Waals surface area contributed by atoms with Gasteiger partial charge in [0.1, 0.15) is 0 Å². The lowest BCUT2D eigenvalue weighted by Gasteiger charge is -2.40. The van der Waals surface area contributed by atoms with Gasteiger partial charge in [0.05, 0.1) is 6.10 Å². The van der Waals surface area contributed by atoms with Gasteiger partial charge in [-0.25, -0.2) is 0 Å². The predicted molar refractivity (Wildman–Crippen MR) is 44.6 cm³/mol. The summed E-state index contributed by atoms with van der Waals surface area (Å²) < 4.78 is 0. The van der Waals surface area contributed by atoms with Gasteiger partial charge in [0.2, 0.25) is 5.91 Å². The van der Waals surface area contributed by atoms with E-state index in [-0.39, 0.29) is 12.0 Å². The minimum absolute atomic E-state index is 0.169. The van der Waals surface area contributed by atoms with Crippen molar-refractivity contribution in [3.05, 3.63) is 0 Å². The van der Waals surface area contributed by atoms with E-state index in [0.29, 0.717) is 12.5 Å². The fourth-order valence-corrected chi connectivity index (χ4v) is 2.26. The van der Waals surface area contributed by atoms with Gasteiger partial charge in [-0.2, -0.15) is 0 Å². The van der Waals surface area contributed by atoms with Crippen LogP contribution in [-0.4, -0.2) is 34.6 Å². The zero-order chi connectivity index (χ0) is 8.55. The second kappa shape index (κ2) is 3.05. The Kier molecular flexibility index (Phi) is 2.05. The van der Waals surface area contributed by atoms with E-state index < -0.39 is 0 Å². The zero-order valence-electron chi connectivity index (χ0n) is 7.20. The van der Waals surface area contributed by atoms with Gasteiger partial charge in [-0.05, 0) is 25.7 Å². The summed E-state index contributed by atoms with van der Waals surface area (Å²) in [6, 6.07) is 0.343.